The van der Waals surface area contributed by atoms with Crippen molar-refractivity contribution in [2.45, 2.75) is 12.1 Å². The van der Waals surface area contributed by atoms with E-state index in [1.807, 2.05) is 24.3 Å². The minimum atomic E-state index is -0.949. The number of H-pyrrole nitrogens is 1. The summed E-state index contributed by atoms with van der Waals surface area (Å²) in [6.45, 7) is 1.44. The smallest absolute Gasteiger partial charge is 0.313 e. The number of quaternary nitrogens is 1. The highest BCUT2D eigenvalue weighted by molar-refractivity contribution is 7.99. The van der Waals surface area contributed by atoms with Gasteiger partial charge in [-0.2, -0.15) is 5.48 Å². The van der Waals surface area contributed by atoms with Gasteiger partial charge >= 0.3 is 5.97 Å². The van der Waals surface area contributed by atoms with Crippen LogP contribution in [-0.4, -0.2) is 43.1 Å². The first-order valence-corrected chi connectivity index (χ1v) is 9.21. The molecule has 144 valence electrons. The molecule has 6 N–H and O–H groups in total. The second-order valence-electron chi connectivity index (χ2n) is 5.88. The maximum absolute atomic E-state index is 11.3. The minimum Gasteiger partial charge on any atom is -0.481 e. The summed E-state index contributed by atoms with van der Waals surface area (Å²) in [7, 11) is 0. The molecule has 2 aromatic carbocycles. The molecule has 0 unspecified atom stereocenters. The maximum atomic E-state index is 11.3. The zero-order valence-corrected chi connectivity index (χ0v) is 15.7. The molecular weight excluding hydrogens is 382 g/mol. The van der Waals surface area contributed by atoms with Crippen LogP contribution in [0, 0.1) is 0 Å². The first kappa shape index (κ1) is 19.5. The van der Waals surface area contributed by atoms with Gasteiger partial charge < -0.3 is 10.4 Å². The Morgan fingerprint density at radius 1 is 1.18 bits per heavy atom. The molecular formula is C18H18N5O4S+. The summed E-state index contributed by atoms with van der Waals surface area (Å²) >= 11 is 1.01. The average molecular weight is 400 g/mol. The van der Waals surface area contributed by atoms with Crippen molar-refractivity contribution >= 4 is 35.0 Å². The van der Waals surface area contributed by atoms with Crippen molar-refractivity contribution in [3.8, 4) is 22.5 Å². The summed E-state index contributed by atoms with van der Waals surface area (Å²) in [5.41, 5.74) is 4.54. The Morgan fingerprint density at radius 3 is 2.68 bits per heavy atom. The fourth-order valence-corrected chi connectivity index (χ4v) is 3.09. The second-order valence-corrected chi connectivity index (χ2v) is 6.83. The Labute approximate surface area is 164 Å². The normalized spacial score (nSPS) is 10.6. The number of hydrogen-bond acceptors (Lipinski definition) is 6. The van der Waals surface area contributed by atoms with Crippen LogP contribution in [0.25, 0.3) is 22.5 Å². The first-order chi connectivity index (χ1) is 13.4. The summed E-state index contributed by atoms with van der Waals surface area (Å²) in [4.78, 5) is 26.3. The van der Waals surface area contributed by atoms with Crippen molar-refractivity contribution in [2.75, 3.05) is 11.1 Å². The van der Waals surface area contributed by atoms with Crippen LogP contribution < -0.4 is 10.8 Å². The number of carbonyl (C=O) groups is 2. The Bertz CT molecular complexity index is 1020. The molecule has 10 heteroatoms. The third-order valence-corrected chi connectivity index (χ3v) is 4.52. The summed E-state index contributed by atoms with van der Waals surface area (Å²) in [6.07, 6.45) is 0. The Balaban J connectivity index is 1.95. The molecule has 1 amide bonds. The number of carbonyl (C=O) groups excluding carboxylic acids is 1. The number of nitrogens with two attached hydrogens (primary N) is 1. The van der Waals surface area contributed by atoms with Crippen LogP contribution in [0.2, 0.25) is 0 Å². The van der Waals surface area contributed by atoms with Crippen molar-refractivity contribution in [1.82, 2.24) is 15.2 Å². The van der Waals surface area contributed by atoms with Crippen molar-refractivity contribution in [3.63, 3.8) is 0 Å². The van der Waals surface area contributed by atoms with Gasteiger partial charge in [0.15, 0.2) is 11.5 Å². The molecule has 1 aromatic heterocycles. The number of rotatable bonds is 7. The summed E-state index contributed by atoms with van der Waals surface area (Å²) < 4.78 is 0. The van der Waals surface area contributed by atoms with Crippen LogP contribution in [0.3, 0.4) is 0 Å². The predicted octanol–water partition coefficient (Wildman–Crippen LogP) is 1.86. The lowest BCUT2D eigenvalue weighted by molar-refractivity contribution is -0.825. The van der Waals surface area contributed by atoms with Gasteiger partial charge in [0.1, 0.15) is 0 Å². The van der Waals surface area contributed by atoms with Crippen molar-refractivity contribution in [1.29, 1.82) is 0 Å². The molecule has 0 aliphatic rings. The largest absolute Gasteiger partial charge is 0.481 e. The van der Waals surface area contributed by atoms with Crippen molar-refractivity contribution < 1.29 is 25.4 Å². The van der Waals surface area contributed by atoms with Gasteiger partial charge in [-0.3, -0.25) is 14.7 Å². The first-order valence-electron chi connectivity index (χ1n) is 8.22. The SMILES string of the molecule is CC(=O)Nc1cccc(-c2cc([NH2+]O)cc(-c3nc(SCC(=O)O)n[nH]3)c2)c1. The number of aromatic amines is 1. The molecule has 3 rings (SSSR count). The number of amides is 1. The van der Waals surface area contributed by atoms with E-state index in [2.05, 4.69) is 20.5 Å². The van der Waals surface area contributed by atoms with E-state index in [1.54, 1.807) is 18.2 Å². The van der Waals surface area contributed by atoms with Gasteiger partial charge in [-0.25, -0.2) is 10.2 Å². The summed E-state index contributed by atoms with van der Waals surface area (Å²) in [5.74, 6) is -0.795. The van der Waals surface area contributed by atoms with Crippen molar-refractivity contribution in [2.24, 2.45) is 0 Å². The number of nitrogens with zero attached hydrogens (tertiary/aromatic N) is 2. The molecule has 0 saturated heterocycles. The fourth-order valence-electron chi connectivity index (χ4n) is 2.58. The molecule has 9 nitrogen and oxygen atoms in total. The fraction of sp³-hybridized carbons (Fsp3) is 0.111. The predicted molar refractivity (Wildman–Crippen MR) is 103 cm³/mol. The molecule has 28 heavy (non-hydrogen) atoms. The monoisotopic (exact) mass is 400 g/mol. The molecule has 0 aliphatic carbocycles. The Morgan fingerprint density at radius 2 is 1.96 bits per heavy atom. The lowest BCUT2D eigenvalue weighted by Crippen LogP contribution is -2.73. The second kappa shape index (κ2) is 8.65. The molecule has 0 bridgehead atoms. The number of aliphatic carboxylic acids is 1. The number of anilines is 1. The van der Waals surface area contributed by atoms with E-state index in [4.69, 9.17) is 5.11 Å². The van der Waals surface area contributed by atoms with Gasteiger partial charge in [0.25, 0.3) is 0 Å². The molecule has 0 spiro atoms. The maximum Gasteiger partial charge on any atom is 0.313 e. The number of thioether (sulfide) groups is 1. The van der Waals surface area contributed by atoms with Gasteiger partial charge in [0.05, 0.1) is 5.75 Å². The van der Waals surface area contributed by atoms with E-state index in [9.17, 15) is 14.8 Å². The molecule has 0 atom stereocenters. The van der Waals surface area contributed by atoms with Crippen LogP contribution in [0.1, 0.15) is 6.92 Å². The standard InChI is InChI=1S/C18H17N5O4S/c1-10(24)19-14-4-2-3-11(6-14)12-5-13(8-15(7-12)23-27)17-20-18(22-21-17)28-9-16(25)26/h2-8,23,27H,9H2,1H3,(H,19,24)(H,25,26)(H,20,21,22)/p+1. The number of nitrogens with one attached hydrogen (secondary N) is 2. The molecule has 3 aromatic rings. The molecule has 1 heterocycles. The third-order valence-electron chi connectivity index (χ3n) is 3.68. The average Bonchev–Trinajstić information content (AvgIpc) is 3.15. The molecule has 0 fully saturated rings. The third kappa shape index (κ3) is 4.94. The topological polar surface area (TPSA) is 145 Å². The molecule has 0 aliphatic heterocycles. The zero-order chi connectivity index (χ0) is 20.1. The lowest BCUT2D eigenvalue weighted by Gasteiger charge is -2.08. The lowest BCUT2D eigenvalue weighted by atomic mass is 10.0. The van der Waals surface area contributed by atoms with Crippen LogP contribution in [-0.2, 0) is 9.59 Å². The van der Waals surface area contributed by atoms with Gasteiger partial charge in [-0.05, 0) is 29.3 Å². The zero-order valence-electron chi connectivity index (χ0n) is 14.8. The Hall–Kier alpha value is -3.21. The number of benzene rings is 2. The number of carboxylic acid groups (broad SMARTS) is 1. The van der Waals surface area contributed by atoms with Crippen LogP contribution in [0.5, 0.6) is 0 Å². The minimum absolute atomic E-state index is 0.136. The highest BCUT2D eigenvalue weighted by Gasteiger charge is 2.13. The van der Waals surface area contributed by atoms with Gasteiger partial charge in [-0.15, -0.1) is 5.10 Å². The van der Waals surface area contributed by atoms with Gasteiger partial charge in [0, 0.05) is 30.3 Å². The van der Waals surface area contributed by atoms with E-state index in [0.717, 1.165) is 28.4 Å². The Kier molecular flexibility index (Phi) is 6.04. The quantitative estimate of drug-likeness (QED) is 0.231. The van der Waals surface area contributed by atoms with Crippen LogP contribution in [0.15, 0.2) is 47.6 Å². The van der Waals surface area contributed by atoms with E-state index in [-0.39, 0.29) is 11.7 Å². The highest BCUT2D eigenvalue weighted by atomic mass is 32.2. The molecule has 0 radical (unpaired) electrons. The van der Waals surface area contributed by atoms with Crippen LogP contribution in [0.4, 0.5) is 11.4 Å². The number of hydrogen-bond donors (Lipinski definition) is 5. The van der Waals surface area contributed by atoms with E-state index < -0.39 is 5.97 Å². The highest BCUT2D eigenvalue weighted by Crippen LogP contribution is 2.29. The van der Waals surface area contributed by atoms with Gasteiger partial charge in [0.2, 0.25) is 11.1 Å². The van der Waals surface area contributed by atoms with E-state index in [1.165, 1.54) is 6.92 Å². The van der Waals surface area contributed by atoms with E-state index in [0.29, 0.717) is 27.9 Å². The number of aromatic nitrogens is 3. The molecule has 0 saturated carbocycles. The van der Waals surface area contributed by atoms with Crippen LogP contribution >= 0.6 is 11.8 Å². The van der Waals surface area contributed by atoms with E-state index >= 15 is 0 Å². The van der Waals surface area contributed by atoms with Gasteiger partial charge in [-0.1, -0.05) is 23.9 Å². The van der Waals surface area contributed by atoms with Crippen molar-refractivity contribution in [3.05, 3.63) is 42.5 Å². The number of carboxylic acids is 1. The summed E-state index contributed by atoms with van der Waals surface area (Å²) in [6, 6.07) is 12.7. The summed E-state index contributed by atoms with van der Waals surface area (Å²) in [5, 5.41) is 28.1.